The van der Waals surface area contributed by atoms with Crippen LogP contribution in [-0.2, 0) is 0 Å². The highest BCUT2D eigenvalue weighted by Crippen LogP contribution is 2.32. The molecule has 3 nitrogen and oxygen atoms in total. The number of benzene rings is 1. The number of aliphatic hydroxyl groups is 1. The average molecular weight is 260 g/mol. The first-order valence-electron chi connectivity index (χ1n) is 4.35. The molecule has 1 aromatic rings. The van der Waals surface area contributed by atoms with Crippen LogP contribution in [0.25, 0.3) is 0 Å². The van der Waals surface area contributed by atoms with E-state index in [0.717, 1.165) is 15.8 Å². The lowest BCUT2D eigenvalue weighted by Crippen LogP contribution is -2.20. The van der Waals surface area contributed by atoms with Crippen molar-refractivity contribution in [3.05, 3.63) is 28.2 Å². The van der Waals surface area contributed by atoms with Gasteiger partial charge in [0.25, 0.3) is 0 Å². The summed E-state index contributed by atoms with van der Waals surface area (Å²) in [6, 6.07) is 5.66. The van der Waals surface area contributed by atoms with E-state index in [4.69, 9.17) is 9.84 Å². The van der Waals surface area contributed by atoms with Crippen molar-refractivity contribution < 1.29 is 9.84 Å². The van der Waals surface area contributed by atoms with Crippen LogP contribution in [0.5, 0.6) is 5.75 Å². The highest BCUT2D eigenvalue weighted by atomic mass is 79.9. The number of rotatable bonds is 4. The van der Waals surface area contributed by atoms with Crippen LogP contribution in [0.1, 0.15) is 11.6 Å². The van der Waals surface area contributed by atoms with E-state index in [1.807, 2.05) is 18.2 Å². The molecule has 0 aliphatic heterocycles. The van der Waals surface area contributed by atoms with Crippen molar-refractivity contribution in [3.8, 4) is 5.75 Å². The lowest BCUT2D eigenvalue weighted by Gasteiger charge is -2.17. The number of hydrogen-bond acceptors (Lipinski definition) is 3. The van der Waals surface area contributed by atoms with Crippen molar-refractivity contribution in [1.82, 2.24) is 5.32 Å². The zero-order valence-corrected chi connectivity index (χ0v) is 9.84. The van der Waals surface area contributed by atoms with Crippen molar-refractivity contribution in [3.63, 3.8) is 0 Å². The molecule has 1 aromatic carbocycles. The summed E-state index contributed by atoms with van der Waals surface area (Å²) in [5.74, 6) is 0.765. The predicted molar refractivity (Wildman–Crippen MR) is 59.6 cm³/mol. The third-order valence-corrected chi connectivity index (χ3v) is 2.73. The van der Waals surface area contributed by atoms with Gasteiger partial charge in [-0.1, -0.05) is 12.1 Å². The van der Waals surface area contributed by atoms with E-state index in [1.54, 1.807) is 14.2 Å². The molecule has 0 aliphatic rings. The summed E-state index contributed by atoms with van der Waals surface area (Å²) < 4.78 is 6.16. The maximum atomic E-state index is 9.16. The lowest BCUT2D eigenvalue weighted by atomic mass is 10.1. The topological polar surface area (TPSA) is 41.5 Å². The Balaban J connectivity index is 3.11. The second kappa shape index (κ2) is 5.34. The Hall–Kier alpha value is -0.580. The van der Waals surface area contributed by atoms with Crippen LogP contribution in [-0.4, -0.2) is 25.9 Å². The van der Waals surface area contributed by atoms with Gasteiger partial charge in [0.05, 0.1) is 24.2 Å². The zero-order chi connectivity index (χ0) is 10.6. The zero-order valence-electron chi connectivity index (χ0n) is 8.25. The third kappa shape index (κ3) is 2.26. The van der Waals surface area contributed by atoms with Gasteiger partial charge < -0.3 is 15.2 Å². The molecular formula is C10H14BrNO2. The van der Waals surface area contributed by atoms with Gasteiger partial charge in [-0.3, -0.25) is 0 Å². The number of ether oxygens (including phenoxy) is 1. The molecule has 0 spiro atoms. The van der Waals surface area contributed by atoms with Crippen molar-refractivity contribution in [2.75, 3.05) is 20.8 Å². The molecule has 78 valence electrons. The van der Waals surface area contributed by atoms with Gasteiger partial charge in [0, 0.05) is 5.56 Å². The highest BCUT2D eigenvalue weighted by molar-refractivity contribution is 9.10. The Morgan fingerprint density at radius 1 is 1.57 bits per heavy atom. The standard InChI is InChI=1S/C10H14BrNO2/c1-12-9(6-13)7-4-3-5-8(11)10(7)14-2/h3-5,9,12-13H,6H2,1-2H3/t9-/m0/s1. The van der Waals surface area contributed by atoms with Gasteiger partial charge in [-0.2, -0.15) is 0 Å². The first kappa shape index (κ1) is 11.5. The van der Waals surface area contributed by atoms with Crippen molar-refractivity contribution in [2.24, 2.45) is 0 Å². The molecule has 0 saturated heterocycles. The van der Waals surface area contributed by atoms with E-state index in [9.17, 15) is 0 Å². The maximum Gasteiger partial charge on any atom is 0.137 e. The number of nitrogens with one attached hydrogen (secondary N) is 1. The van der Waals surface area contributed by atoms with Gasteiger partial charge in [0.2, 0.25) is 0 Å². The summed E-state index contributed by atoms with van der Waals surface area (Å²) in [7, 11) is 3.43. The SMILES string of the molecule is CN[C@@H](CO)c1cccc(Br)c1OC. The second-order valence-corrected chi connectivity index (χ2v) is 3.74. The number of methoxy groups -OCH3 is 1. The van der Waals surface area contributed by atoms with E-state index in [1.165, 1.54) is 0 Å². The molecule has 0 fully saturated rings. The predicted octanol–water partition coefficient (Wildman–Crippen LogP) is 1.71. The molecule has 0 bridgehead atoms. The van der Waals surface area contributed by atoms with E-state index < -0.39 is 0 Å². The molecule has 2 N–H and O–H groups in total. The fourth-order valence-corrected chi connectivity index (χ4v) is 1.90. The molecule has 0 radical (unpaired) electrons. The minimum Gasteiger partial charge on any atom is -0.495 e. The minimum atomic E-state index is -0.0950. The number of aliphatic hydroxyl groups excluding tert-OH is 1. The monoisotopic (exact) mass is 259 g/mol. The summed E-state index contributed by atoms with van der Waals surface area (Å²) in [5, 5.41) is 12.2. The molecule has 1 atom stereocenters. The molecule has 0 amide bonds. The van der Waals surface area contributed by atoms with Crippen LogP contribution in [0.2, 0.25) is 0 Å². The molecule has 0 aliphatic carbocycles. The van der Waals surface area contributed by atoms with Gasteiger partial charge in [-0.05, 0) is 29.0 Å². The van der Waals surface area contributed by atoms with Gasteiger partial charge in [0.1, 0.15) is 5.75 Å². The Bertz CT molecular complexity index is 300. The fraction of sp³-hybridized carbons (Fsp3) is 0.400. The van der Waals surface area contributed by atoms with Crippen LogP contribution < -0.4 is 10.1 Å². The second-order valence-electron chi connectivity index (χ2n) is 2.89. The summed E-state index contributed by atoms with van der Waals surface area (Å²) in [6.45, 7) is 0.0450. The number of para-hydroxylation sites is 1. The highest BCUT2D eigenvalue weighted by Gasteiger charge is 2.14. The summed E-state index contributed by atoms with van der Waals surface area (Å²) >= 11 is 3.40. The first-order valence-corrected chi connectivity index (χ1v) is 5.14. The molecule has 0 saturated carbocycles. The fourth-order valence-electron chi connectivity index (χ4n) is 1.36. The van der Waals surface area contributed by atoms with E-state index in [-0.39, 0.29) is 12.6 Å². The van der Waals surface area contributed by atoms with E-state index >= 15 is 0 Å². The minimum absolute atomic E-state index is 0.0450. The molecule has 4 heteroatoms. The van der Waals surface area contributed by atoms with Gasteiger partial charge in [-0.15, -0.1) is 0 Å². The summed E-state index contributed by atoms with van der Waals surface area (Å²) in [6.07, 6.45) is 0. The van der Waals surface area contributed by atoms with Crippen LogP contribution in [0, 0.1) is 0 Å². The van der Waals surface area contributed by atoms with Crippen molar-refractivity contribution in [1.29, 1.82) is 0 Å². The number of hydrogen-bond donors (Lipinski definition) is 2. The van der Waals surface area contributed by atoms with Crippen LogP contribution in [0.3, 0.4) is 0 Å². The molecule has 0 heterocycles. The molecular weight excluding hydrogens is 246 g/mol. The lowest BCUT2D eigenvalue weighted by molar-refractivity contribution is 0.247. The van der Waals surface area contributed by atoms with Crippen LogP contribution in [0.15, 0.2) is 22.7 Å². The molecule has 0 unspecified atom stereocenters. The van der Waals surface area contributed by atoms with E-state index in [2.05, 4.69) is 21.2 Å². The molecule has 0 aromatic heterocycles. The smallest absolute Gasteiger partial charge is 0.137 e. The van der Waals surface area contributed by atoms with E-state index in [0.29, 0.717) is 0 Å². The first-order chi connectivity index (χ1) is 6.74. The normalized spacial score (nSPS) is 12.6. The molecule has 14 heavy (non-hydrogen) atoms. The van der Waals surface area contributed by atoms with Crippen molar-refractivity contribution in [2.45, 2.75) is 6.04 Å². The average Bonchev–Trinajstić information content (AvgIpc) is 2.20. The summed E-state index contributed by atoms with van der Waals surface area (Å²) in [5.41, 5.74) is 0.951. The molecule has 1 rings (SSSR count). The Morgan fingerprint density at radius 2 is 2.29 bits per heavy atom. The van der Waals surface area contributed by atoms with Gasteiger partial charge in [-0.25, -0.2) is 0 Å². The third-order valence-electron chi connectivity index (χ3n) is 2.11. The van der Waals surface area contributed by atoms with Gasteiger partial charge >= 0.3 is 0 Å². The van der Waals surface area contributed by atoms with Crippen LogP contribution >= 0.6 is 15.9 Å². The van der Waals surface area contributed by atoms with Crippen LogP contribution in [0.4, 0.5) is 0 Å². The quantitative estimate of drug-likeness (QED) is 0.866. The Morgan fingerprint density at radius 3 is 2.79 bits per heavy atom. The number of halogens is 1. The van der Waals surface area contributed by atoms with Gasteiger partial charge in [0.15, 0.2) is 0 Å². The Labute approximate surface area is 92.2 Å². The Kier molecular flexibility index (Phi) is 4.38. The maximum absolute atomic E-state index is 9.16. The largest absolute Gasteiger partial charge is 0.495 e. The van der Waals surface area contributed by atoms with Crippen molar-refractivity contribution >= 4 is 15.9 Å². The number of likely N-dealkylation sites (N-methyl/N-ethyl adjacent to an activating group) is 1. The summed E-state index contributed by atoms with van der Waals surface area (Å²) in [4.78, 5) is 0.